The van der Waals surface area contributed by atoms with Crippen molar-refractivity contribution in [3.05, 3.63) is 24.2 Å². The molecule has 124 valence electrons. The van der Waals surface area contributed by atoms with Gasteiger partial charge in [-0.25, -0.2) is 4.79 Å². The molecule has 1 aromatic rings. The first-order valence-electron chi connectivity index (χ1n) is 6.63. The Hall–Kier alpha value is -2.03. The van der Waals surface area contributed by atoms with E-state index in [1.807, 2.05) is 12.2 Å². The minimum atomic E-state index is -4.53. The van der Waals surface area contributed by atoms with E-state index in [0.29, 0.717) is 13.1 Å². The number of nitrogens with zero attached hydrogens (tertiary/aromatic N) is 1. The van der Waals surface area contributed by atoms with Crippen LogP contribution in [-0.2, 0) is 11.3 Å². The molecular formula is C13H18F3N3O3. The lowest BCUT2D eigenvalue weighted by atomic mass is 10.2. The highest BCUT2D eigenvalue weighted by molar-refractivity contribution is 5.96. The number of urea groups is 1. The third kappa shape index (κ3) is 6.17. The molecular weight excluding hydrogens is 303 g/mol. The summed E-state index contributed by atoms with van der Waals surface area (Å²) in [5.74, 6) is -0.676. The van der Waals surface area contributed by atoms with Crippen molar-refractivity contribution in [1.82, 2.24) is 15.5 Å². The van der Waals surface area contributed by atoms with E-state index >= 15 is 0 Å². The van der Waals surface area contributed by atoms with Crippen LogP contribution < -0.4 is 10.6 Å². The lowest BCUT2D eigenvalue weighted by molar-refractivity contribution is -0.127. The Morgan fingerprint density at radius 3 is 2.59 bits per heavy atom. The van der Waals surface area contributed by atoms with Crippen molar-refractivity contribution in [1.29, 1.82) is 0 Å². The monoisotopic (exact) mass is 321 g/mol. The Balaban J connectivity index is 2.50. The zero-order valence-electron chi connectivity index (χ0n) is 12.2. The number of carbonyl (C=O) groups is 2. The van der Waals surface area contributed by atoms with Gasteiger partial charge in [0.1, 0.15) is 6.54 Å². The molecule has 9 heteroatoms. The fraction of sp³-hybridized carbons (Fsp3) is 0.538. The highest BCUT2D eigenvalue weighted by atomic mass is 19.4. The van der Waals surface area contributed by atoms with E-state index in [4.69, 9.17) is 4.42 Å². The first-order valence-corrected chi connectivity index (χ1v) is 6.63. The minimum absolute atomic E-state index is 0.422. The van der Waals surface area contributed by atoms with Crippen molar-refractivity contribution in [3.63, 3.8) is 0 Å². The van der Waals surface area contributed by atoms with E-state index in [2.05, 4.69) is 0 Å². The number of furan rings is 1. The van der Waals surface area contributed by atoms with Crippen molar-refractivity contribution in [3.8, 4) is 0 Å². The van der Waals surface area contributed by atoms with Crippen molar-refractivity contribution < 1.29 is 27.2 Å². The number of alkyl halides is 3. The van der Waals surface area contributed by atoms with Crippen molar-refractivity contribution in [2.45, 2.75) is 32.6 Å². The summed E-state index contributed by atoms with van der Waals surface area (Å²) in [6.45, 7) is 2.84. The second kappa shape index (κ2) is 7.83. The van der Waals surface area contributed by atoms with Crippen molar-refractivity contribution >= 4 is 11.9 Å². The van der Waals surface area contributed by atoms with Gasteiger partial charge in [0.15, 0.2) is 0 Å². The third-order valence-corrected chi connectivity index (χ3v) is 2.99. The van der Waals surface area contributed by atoms with Crippen molar-refractivity contribution in [2.24, 2.45) is 0 Å². The molecule has 0 saturated carbocycles. The molecule has 22 heavy (non-hydrogen) atoms. The first-order chi connectivity index (χ1) is 10.2. The van der Waals surface area contributed by atoms with E-state index in [1.165, 1.54) is 12.5 Å². The quantitative estimate of drug-likeness (QED) is 0.839. The smallest absolute Gasteiger partial charge is 0.405 e. The van der Waals surface area contributed by atoms with Gasteiger partial charge < -0.3 is 9.73 Å². The van der Waals surface area contributed by atoms with Gasteiger partial charge in [-0.3, -0.25) is 15.0 Å². The maximum atomic E-state index is 12.0. The van der Waals surface area contributed by atoms with Crippen LogP contribution in [0.1, 0.15) is 19.4 Å². The average molecular weight is 321 g/mol. The number of amides is 3. The Kier molecular flexibility index (Phi) is 6.41. The van der Waals surface area contributed by atoms with Gasteiger partial charge in [-0.15, -0.1) is 0 Å². The summed E-state index contributed by atoms with van der Waals surface area (Å²) >= 11 is 0. The van der Waals surface area contributed by atoms with E-state index in [0.717, 1.165) is 5.56 Å². The predicted molar refractivity (Wildman–Crippen MR) is 71.9 cm³/mol. The van der Waals surface area contributed by atoms with Crippen molar-refractivity contribution in [2.75, 3.05) is 13.1 Å². The van der Waals surface area contributed by atoms with Crippen LogP contribution in [-0.4, -0.2) is 42.1 Å². The molecule has 1 atom stereocenters. The molecule has 0 fully saturated rings. The fourth-order valence-corrected chi connectivity index (χ4v) is 1.75. The maximum Gasteiger partial charge on any atom is 0.405 e. The molecule has 1 rings (SSSR count). The molecule has 3 amide bonds. The van der Waals surface area contributed by atoms with Gasteiger partial charge >= 0.3 is 12.2 Å². The second-order valence-corrected chi connectivity index (χ2v) is 4.66. The molecule has 0 radical (unpaired) electrons. The molecule has 1 heterocycles. The van der Waals surface area contributed by atoms with Gasteiger partial charge in [0, 0.05) is 12.1 Å². The molecule has 0 aliphatic rings. The van der Waals surface area contributed by atoms with Gasteiger partial charge in [0.2, 0.25) is 5.91 Å². The standard InChI is InChI=1S/C13H18F3N3O3/c1-3-19(6-10-4-5-22-7-10)9(2)11(20)18-12(21)17-8-13(14,15)16/h4-5,7,9H,3,6,8H2,1-2H3,(H2,17,18,20,21)/t9-/m0/s1. The Labute approximate surface area is 125 Å². The van der Waals surface area contributed by atoms with Crippen LogP contribution in [0.3, 0.4) is 0 Å². The van der Waals surface area contributed by atoms with Gasteiger partial charge in [-0.05, 0) is 19.5 Å². The number of likely N-dealkylation sites (N-methyl/N-ethyl adjacent to an activating group) is 1. The number of carbonyl (C=O) groups excluding carboxylic acids is 2. The molecule has 0 saturated heterocycles. The summed E-state index contributed by atoms with van der Waals surface area (Å²) in [6, 6.07) is -0.117. The SMILES string of the molecule is CCN(Cc1ccoc1)[C@@H](C)C(=O)NC(=O)NCC(F)(F)F. The molecule has 0 unspecified atom stereocenters. The second-order valence-electron chi connectivity index (χ2n) is 4.66. The fourth-order valence-electron chi connectivity index (χ4n) is 1.75. The van der Waals surface area contributed by atoms with Gasteiger partial charge in [0.05, 0.1) is 18.6 Å². The number of hydrogen-bond donors (Lipinski definition) is 2. The highest BCUT2D eigenvalue weighted by Gasteiger charge is 2.28. The molecule has 0 aliphatic carbocycles. The van der Waals surface area contributed by atoms with E-state index in [9.17, 15) is 22.8 Å². The minimum Gasteiger partial charge on any atom is -0.472 e. The molecule has 0 spiro atoms. The largest absolute Gasteiger partial charge is 0.472 e. The highest BCUT2D eigenvalue weighted by Crippen LogP contribution is 2.12. The summed E-state index contributed by atoms with van der Waals surface area (Å²) < 4.78 is 40.8. The van der Waals surface area contributed by atoms with E-state index < -0.39 is 30.7 Å². The summed E-state index contributed by atoms with van der Waals surface area (Å²) in [6.07, 6.45) is -1.50. The van der Waals surface area contributed by atoms with Crippen LogP contribution in [0, 0.1) is 0 Å². The molecule has 6 nitrogen and oxygen atoms in total. The van der Waals surface area contributed by atoms with Crippen LogP contribution in [0.4, 0.5) is 18.0 Å². The van der Waals surface area contributed by atoms with E-state index in [-0.39, 0.29) is 0 Å². The normalized spacial score (nSPS) is 13.0. The molecule has 0 bridgehead atoms. The summed E-state index contributed by atoms with van der Waals surface area (Å²) in [7, 11) is 0. The lowest BCUT2D eigenvalue weighted by Gasteiger charge is -2.26. The zero-order valence-corrected chi connectivity index (χ0v) is 12.2. The predicted octanol–water partition coefficient (Wildman–Crippen LogP) is 1.88. The molecule has 0 aliphatic heterocycles. The number of nitrogens with one attached hydrogen (secondary N) is 2. The summed E-state index contributed by atoms with van der Waals surface area (Å²) in [5, 5.41) is 3.47. The summed E-state index contributed by atoms with van der Waals surface area (Å²) in [4.78, 5) is 24.9. The number of hydrogen-bond acceptors (Lipinski definition) is 4. The summed E-state index contributed by atoms with van der Waals surface area (Å²) in [5.41, 5.74) is 0.850. The topological polar surface area (TPSA) is 74.6 Å². The average Bonchev–Trinajstić information content (AvgIpc) is 2.94. The van der Waals surface area contributed by atoms with Crippen LogP contribution in [0.25, 0.3) is 0 Å². The molecule has 0 aromatic carbocycles. The van der Waals surface area contributed by atoms with Gasteiger partial charge in [0.25, 0.3) is 0 Å². The zero-order chi connectivity index (χ0) is 16.8. The Morgan fingerprint density at radius 2 is 2.09 bits per heavy atom. The first kappa shape index (κ1) is 18.0. The Morgan fingerprint density at radius 1 is 1.41 bits per heavy atom. The molecule has 2 N–H and O–H groups in total. The van der Waals surface area contributed by atoms with Crippen LogP contribution in [0.5, 0.6) is 0 Å². The lowest BCUT2D eigenvalue weighted by Crippen LogP contribution is -2.50. The number of imide groups is 1. The number of halogens is 3. The van der Waals surface area contributed by atoms with Crippen LogP contribution in [0.15, 0.2) is 23.0 Å². The van der Waals surface area contributed by atoms with Gasteiger partial charge in [-0.2, -0.15) is 13.2 Å². The van der Waals surface area contributed by atoms with E-state index in [1.54, 1.807) is 23.2 Å². The van der Waals surface area contributed by atoms with Crippen LogP contribution >= 0.6 is 0 Å². The third-order valence-electron chi connectivity index (χ3n) is 2.99. The van der Waals surface area contributed by atoms with Gasteiger partial charge in [-0.1, -0.05) is 6.92 Å². The number of rotatable bonds is 6. The molecule has 1 aromatic heterocycles. The van der Waals surface area contributed by atoms with Crippen LogP contribution in [0.2, 0.25) is 0 Å². The maximum absolute atomic E-state index is 12.0. The Bertz CT molecular complexity index is 488.